The molecule has 0 saturated heterocycles. The van der Waals surface area contributed by atoms with Crippen LogP contribution in [-0.4, -0.2) is 20.7 Å². The number of benzene rings is 2. The molecule has 4 aromatic rings. The molecule has 1 amide bonds. The lowest BCUT2D eigenvalue weighted by Crippen LogP contribution is -2.17. The molecule has 0 atom stereocenters. The highest BCUT2D eigenvalue weighted by Gasteiger charge is 2.34. The van der Waals surface area contributed by atoms with Crippen LogP contribution in [0.25, 0.3) is 10.9 Å². The predicted molar refractivity (Wildman–Crippen MR) is 120 cm³/mol. The fourth-order valence-electron chi connectivity index (χ4n) is 3.54. The van der Waals surface area contributed by atoms with Crippen molar-refractivity contribution < 1.29 is 22.4 Å². The monoisotopic (exact) mass is 520 g/mol. The van der Waals surface area contributed by atoms with E-state index in [9.17, 15) is 22.4 Å². The third-order valence-electron chi connectivity index (χ3n) is 5.18. The fraction of sp³-hybridized carbons (Fsp3) is 0.174. The third kappa shape index (κ3) is 4.61. The number of nitrogens with one attached hydrogen (secondary N) is 1. The summed E-state index contributed by atoms with van der Waals surface area (Å²) in [5, 5.41) is 7.40. The summed E-state index contributed by atoms with van der Waals surface area (Å²) in [7, 11) is 0. The summed E-state index contributed by atoms with van der Waals surface area (Å²) in [6.07, 6.45) is -4.71. The van der Waals surface area contributed by atoms with E-state index in [1.807, 2.05) is 0 Å². The molecule has 170 valence electrons. The van der Waals surface area contributed by atoms with Gasteiger partial charge in [0.1, 0.15) is 11.5 Å². The molecule has 2 heterocycles. The molecular weight excluding hydrogens is 504 g/mol. The normalized spacial score (nSPS) is 11.7. The molecule has 0 saturated carbocycles. The smallest absolute Gasteiger partial charge is 0.319 e. The average molecular weight is 521 g/mol. The van der Waals surface area contributed by atoms with Crippen molar-refractivity contribution in [2.24, 2.45) is 0 Å². The molecule has 0 fully saturated rings. The second-order valence-corrected chi connectivity index (χ2v) is 8.33. The van der Waals surface area contributed by atoms with Crippen molar-refractivity contribution in [3.63, 3.8) is 0 Å². The van der Waals surface area contributed by atoms with E-state index in [0.29, 0.717) is 28.1 Å². The van der Waals surface area contributed by atoms with E-state index in [0.717, 1.165) is 11.6 Å². The Morgan fingerprint density at radius 1 is 1.12 bits per heavy atom. The first-order valence-electron chi connectivity index (χ1n) is 9.81. The zero-order valence-electron chi connectivity index (χ0n) is 17.5. The van der Waals surface area contributed by atoms with Crippen molar-refractivity contribution in [3.8, 4) is 0 Å². The minimum absolute atomic E-state index is 0.0461. The quantitative estimate of drug-likeness (QED) is 0.322. The van der Waals surface area contributed by atoms with Crippen molar-refractivity contribution in [1.82, 2.24) is 14.8 Å². The number of carbonyl (C=O) groups is 1. The molecule has 2 aromatic carbocycles. The number of amides is 1. The SMILES string of the molecule is Cc1nn(Cc2ccc(F)cc2)c(C)c1NC(=O)c1cc(C(F)(F)F)nc2cccc(Br)c12. The van der Waals surface area contributed by atoms with Crippen LogP contribution in [0.4, 0.5) is 23.2 Å². The van der Waals surface area contributed by atoms with Crippen LogP contribution in [0.2, 0.25) is 0 Å². The van der Waals surface area contributed by atoms with Crippen LogP contribution in [0.3, 0.4) is 0 Å². The van der Waals surface area contributed by atoms with E-state index in [1.165, 1.54) is 18.2 Å². The molecule has 0 spiro atoms. The molecule has 0 radical (unpaired) electrons. The van der Waals surface area contributed by atoms with Gasteiger partial charge in [0.15, 0.2) is 0 Å². The maximum absolute atomic E-state index is 13.4. The minimum Gasteiger partial charge on any atom is -0.319 e. The number of aryl methyl sites for hydroxylation is 1. The Morgan fingerprint density at radius 3 is 2.48 bits per heavy atom. The minimum atomic E-state index is -4.71. The number of pyridine rings is 1. The van der Waals surface area contributed by atoms with Gasteiger partial charge < -0.3 is 5.32 Å². The summed E-state index contributed by atoms with van der Waals surface area (Å²) >= 11 is 3.31. The number of hydrogen-bond acceptors (Lipinski definition) is 3. The number of nitrogens with zero attached hydrogens (tertiary/aromatic N) is 3. The average Bonchev–Trinajstić information content (AvgIpc) is 3.01. The first-order valence-corrected chi connectivity index (χ1v) is 10.6. The molecule has 0 bridgehead atoms. The summed E-state index contributed by atoms with van der Waals surface area (Å²) in [6.45, 7) is 3.76. The van der Waals surface area contributed by atoms with Gasteiger partial charge in [0.2, 0.25) is 0 Å². The first-order chi connectivity index (χ1) is 15.5. The number of halogens is 5. The summed E-state index contributed by atoms with van der Waals surface area (Å²) in [5.74, 6) is -1.07. The van der Waals surface area contributed by atoms with Crippen molar-refractivity contribution in [3.05, 3.63) is 87.0 Å². The van der Waals surface area contributed by atoms with Crippen molar-refractivity contribution in [2.75, 3.05) is 5.32 Å². The van der Waals surface area contributed by atoms with Gasteiger partial charge in [-0.2, -0.15) is 18.3 Å². The third-order valence-corrected chi connectivity index (χ3v) is 5.84. The number of fused-ring (bicyclic) bond motifs is 1. The Kier molecular flexibility index (Phi) is 5.96. The molecule has 0 aliphatic carbocycles. The number of hydrogen-bond donors (Lipinski definition) is 1. The maximum atomic E-state index is 13.4. The molecule has 10 heteroatoms. The van der Waals surface area contributed by atoms with Gasteiger partial charge in [-0.1, -0.05) is 34.1 Å². The van der Waals surface area contributed by atoms with Crippen molar-refractivity contribution in [2.45, 2.75) is 26.6 Å². The van der Waals surface area contributed by atoms with Gasteiger partial charge in [0.25, 0.3) is 5.91 Å². The van der Waals surface area contributed by atoms with E-state index < -0.39 is 17.8 Å². The molecule has 0 aliphatic rings. The van der Waals surface area contributed by atoms with Crippen LogP contribution in [0, 0.1) is 19.7 Å². The van der Waals surface area contributed by atoms with Crippen molar-refractivity contribution >= 4 is 38.4 Å². The van der Waals surface area contributed by atoms with Crippen LogP contribution in [-0.2, 0) is 12.7 Å². The largest absolute Gasteiger partial charge is 0.433 e. The number of aromatic nitrogens is 3. The molecule has 5 nitrogen and oxygen atoms in total. The summed E-state index contributed by atoms with van der Waals surface area (Å²) < 4.78 is 55.5. The Labute approximate surface area is 194 Å². The van der Waals surface area contributed by atoms with E-state index in [2.05, 4.69) is 31.3 Å². The van der Waals surface area contributed by atoms with Crippen molar-refractivity contribution in [1.29, 1.82) is 0 Å². The van der Waals surface area contributed by atoms with E-state index in [-0.39, 0.29) is 22.3 Å². The highest BCUT2D eigenvalue weighted by Crippen LogP contribution is 2.34. The fourth-order valence-corrected chi connectivity index (χ4v) is 4.11. The highest BCUT2D eigenvalue weighted by molar-refractivity contribution is 9.10. The summed E-state index contributed by atoms with van der Waals surface area (Å²) in [5.41, 5.74) is 1.04. The lowest BCUT2D eigenvalue weighted by molar-refractivity contribution is -0.140. The van der Waals surface area contributed by atoms with E-state index in [1.54, 1.807) is 42.8 Å². The topological polar surface area (TPSA) is 59.8 Å². The standard InChI is InChI=1S/C23H17BrF4N4O/c1-12-21(13(2)32(31-12)11-14-6-8-15(25)9-7-14)30-22(33)16-10-19(23(26,27)28)29-18-5-3-4-17(24)20(16)18/h3-10H,11H2,1-2H3,(H,30,33). The molecular formula is C23H17BrF4N4O. The predicted octanol–water partition coefficient (Wildman–Crippen LogP) is 6.27. The Bertz CT molecular complexity index is 1360. The molecule has 1 N–H and O–H groups in total. The van der Waals surface area contributed by atoms with Crippen LogP contribution < -0.4 is 5.32 Å². The highest BCUT2D eigenvalue weighted by atomic mass is 79.9. The lowest BCUT2D eigenvalue weighted by Gasteiger charge is -2.13. The maximum Gasteiger partial charge on any atom is 0.433 e. The van der Waals surface area contributed by atoms with Crippen LogP contribution in [0.5, 0.6) is 0 Å². The number of carbonyl (C=O) groups excluding carboxylic acids is 1. The Hall–Kier alpha value is -3.27. The zero-order valence-corrected chi connectivity index (χ0v) is 19.1. The molecule has 4 rings (SSSR count). The Balaban J connectivity index is 1.72. The first kappa shape index (κ1) is 22.9. The van der Waals surface area contributed by atoms with Crippen LogP contribution in [0.1, 0.15) is 33.0 Å². The van der Waals surface area contributed by atoms with Crippen LogP contribution >= 0.6 is 15.9 Å². The summed E-state index contributed by atoms with van der Waals surface area (Å²) in [6, 6.07) is 11.3. The molecule has 0 unspecified atom stereocenters. The molecule has 2 aromatic heterocycles. The van der Waals surface area contributed by atoms with Gasteiger partial charge >= 0.3 is 6.18 Å². The van der Waals surface area contributed by atoms with E-state index in [4.69, 9.17) is 0 Å². The second-order valence-electron chi connectivity index (χ2n) is 7.47. The van der Waals surface area contributed by atoms with Gasteiger partial charge in [-0.15, -0.1) is 0 Å². The van der Waals surface area contributed by atoms with Gasteiger partial charge in [-0.3, -0.25) is 9.48 Å². The number of rotatable bonds is 4. The van der Waals surface area contributed by atoms with Gasteiger partial charge in [0, 0.05) is 9.86 Å². The second kappa shape index (κ2) is 8.58. The summed E-state index contributed by atoms with van der Waals surface area (Å²) in [4.78, 5) is 16.8. The van der Waals surface area contributed by atoms with Gasteiger partial charge in [0.05, 0.1) is 34.7 Å². The number of alkyl halides is 3. The molecule has 33 heavy (non-hydrogen) atoms. The van der Waals surface area contributed by atoms with Gasteiger partial charge in [-0.05, 0) is 49.7 Å². The molecule has 0 aliphatic heterocycles. The number of anilines is 1. The Morgan fingerprint density at radius 2 is 1.82 bits per heavy atom. The lowest BCUT2D eigenvalue weighted by atomic mass is 10.1. The van der Waals surface area contributed by atoms with Crippen LogP contribution in [0.15, 0.2) is 53.0 Å². The van der Waals surface area contributed by atoms with E-state index >= 15 is 0 Å². The zero-order chi connectivity index (χ0) is 23.9. The van der Waals surface area contributed by atoms with Gasteiger partial charge in [-0.25, -0.2) is 9.37 Å².